The molecule has 0 radical (unpaired) electrons. The van der Waals surface area contributed by atoms with Crippen LogP contribution in [0.4, 0.5) is 0 Å². The van der Waals surface area contributed by atoms with E-state index in [9.17, 15) is 4.79 Å². The molecular formula is C17H35N3O. The van der Waals surface area contributed by atoms with E-state index in [1.165, 1.54) is 12.8 Å². The predicted molar refractivity (Wildman–Crippen MR) is 89.3 cm³/mol. The minimum atomic E-state index is 0.187. The van der Waals surface area contributed by atoms with Gasteiger partial charge in [0.05, 0.1) is 6.54 Å². The number of amides is 1. The zero-order valence-electron chi connectivity index (χ0n) is 14.5. The lowest BCUT2D eigenvalue weighted by molar-refractivity contribution is -0.122. The molecule has 0 spiro atoms. The second kappa shape index (κ2) is 10.2. The summed E-state index contributed by atoms with van der Waals surface area (Å²) in [6, 6.07) is 0. The minimum Gasteiger partial charge on any atom is -0.355 e. The van der Waals surface area contributed by atoms with Gasteiger partial charge in [-0.25, -0.2) is 0 Å². The van der Waals surface area contributed by atoms with Crippen molar-refractivity contribution in [2.45, 2.75) is 47.0 Å². The third-order valence-corrected chi connectivity index (χ3v) is 4.10. The van der Waals surface area contributed by atoms with Crippen LogP contribution in [-0.4, -0.2) is 50.1 Å². The lowest BCUT2D eigenvalue weighted by Crippen LogP contribution is -2.43. The van der Waals surface area contributed by atoms with Crippen molar-refractivity contribution in [1.29, 1.82) is 0 Å². The first kappa shape index (κ1) is 18.4. The lowest BCUT2D eigenvalue weighted by atomic mass is 9.96. The van der Waals surface area contributed by atoms with E-state index in [1.54, 1.807) is 0 Å². The van der Waals surface area contributed by atoms with Crippen molar-refractivity contribution in [1.82, 2.24) is 15.5 Å². The fourth-order valence-electron chi connectivity index (χ4n) is 2.68. The maximum absolute atomic E-state index is 11.9. The molecule has 0 saturated carbocycles. The highest BCUT2D eigenvalue weighted by molar-refractivity contribution is 5.77. The number of piperidine rings is 1. The van der Waals surface area contributed by atoms with E-state index in [1.807, 2.05) is 0 Å². The van der Waals surface area contributed by atoms with Crippen LogP contribution < -0.4 is 10.6 Å². The second-order valence-corrected chi connectivity index (χ2v) is 7.30. The third kappa shape index (κ3) is 9.10. The maximum atomic E-state index is 11.9. The van der Waals surface area contributed by atoms with E-state index >= 15 is 0 Å². The summed E-state index contributed by atoms with van der Waals surface area (Å²) in [5.74, 6) is 2.34. The number of rotatable bonds is 9. The second-order valence-electron chi connectivity index (χ2n) is 7.30. The van der Waals surface area contributed by atoms with Gasteiger partial charge in [0.2, 0.25) is 5.91 Å². The molecule has 1 amide bonds. The largest absolute Gasteiger partial charge is 0.355 e. The van der Waals surface area contributed by atoms with E-state index in [0.29, 0.717) is 12.5 Å². The summed E-state index contributed by atoms with van der Waals surface area (Å²) < 4.78 is 0. The molecule has 4 nitrogen and oxygen atoms in total. The van der Waals surface area contributed by atoms with Gasteiger partial charge in [-0.15, -0.1) is 0 Å². The first-order valence-corrected chi connectivity index (χ1v) is 8.67. The first-order chi connectivity index (χ1) is 9.97. The van der Waals surface area contributed by atoms with Gasteiger partial charge in [0, 0.05) is 6.54 Å². The summed E-state index contributed by atoms with van der Waals surface area (Å²) in [5.41, 5.74) is 0. The van der Waals surface area contributed by atoms with Crippen LogP contribution in [0.25, 0.3) is 0 Å². The van der Waals surface area contributed by atoms with Crippen LogP contribution in [0.15, 0.2) is 0 Å². The SMILES string of the molecule is CC(C)CCNC(=O)CN1CCC(CNCC(C)C)CC1. The number of likely N-dealkylation sites (tertiary alicyclic amines) is 1. The third-order valence-electron chi connectivity index (χ3n) is 4.10. The number of carbonyl (C=O) groups is 1. The number of nitrogens with zero attached hydrogens (tertiary/aromatic N) is 1. The van der Waals surface area contributed by atoms with Crippen LogP contribution >= 0.6 is 0 Å². The molecule has 21 heavy (non-hydrogen) atoms. The molecule has 2 N–H and O–H groups in total. The van der Waals surface area contributed by atoms with Crippen LogP contribution in [0.5, 0.6) is 0 Å². The van der Waals surface area contributed by atoms with Crippen molar-refractivity contribution in [2.24, 2.45) is 17.8 Å². The van der Waals surface area contributed by atoms with Gasteiger partial charge < -0.3 is 10.6 Å². The molecule has 1 aliphatic rings. The van der Waals surface area contributed by atoms with Crippen LogP contribution in [-0.2, 0) is 4.79 Å². The van der Waals surface area contributed by atoms with Crippen molar-refractivity contribution < 1.29 is 4.79 Å². The number of nitrogens with one attached hydrogen (secondary N) is 2. The van der Waals surface area contributed by atoms with Crippen molar-refractivity contribution in [3.63, 3.8) is 0 Å². The highest BCUT2D eigenvalue weighted by Crippen LogP contribution is 2.16. The van der Waals surface area contributed by atoms with E-state index in [2.05, 4.69) is 43.2 Å². The molecule has 1 heterocycles. The summed E-state index contributed by atoms with van der Waals surface area (Å²) in [6.45, 7) is 14.6. The van der Waals surface area contributed by atoms with Gasteiger partial charge in [-0.05, 0) is 63.2 Å². The normalized spacial score (nSPS) is 17.6. The molecule has 0 unspecified atom stereocenters. The van der Waals surface area contributed by atoms with Gasteiger partial charge in [0.1, 0.15) is 0 Å². The van der Waals surface area contributed by atoms with Crippen molar-refractivity contribution >= 4 is 5.91 Å². The molecule has 124 valence electrons. The smallest absolute Gasteiger partial charge is 0.234 e. The zero-order chi connectivity index (χ0) is 15.7. The average Bonchev–Trinajstić information content (AvgIpc) is 2.40. The molecule has 4 heteroatoms. The van der Waals surface area contributed by atoms with Gasteiger partial charge in [0.25, 0.3) is 0 Å². The minimum absolute atomic E-state index is 0.187. The van der Waals surface area contributed by atoms with Gasteiger partial charge in [0.15, 0.2) is 0 Å². The maximum Gasteiger partial charge on any atom is 0.234 e. The fourth-order valence-corrected chi connectivity index (χ4v) is 2.68. The quantitative estimate of drug-likeness (QED) is 0.685. The van der Waals surface area contributed by atoms with Crippen LogP contribution in [0.3, 0.4) is 0 Å². The van der Waals surface area contributed by atoms with E-state index in [-0.39, 0.29) is 5.91 Å². The van der Waals surface area contributed by atoms with E-state index in [4.69, 9.17) is 0 Å². The Hall–Kier alpha value is -0.610. The van der Waals surface area contributed by atoms with Gasteiger partial charge in [-0.2, -0.15) is 0 Å². The zero-order valence-corrected chi connectivity index (χ0v) is 14.5. The highest BCUT2D eigenvalue weighted by atomic mass is 16.2. The Morgan fingerprint density at radius 2 is 1.81 bits per heavy atom. The first-order valence-electron chi connectivity index (χ1n) is 8.67. The van der Waals surface area contributed by atoms with Gasteiger partial charge >= 0.3 is 0 Å². The predicted octanol–water partition coefficient (Wildman–Crippen LogP) is 2.11. The Bertz CT molecular complexity index is 284. The summed E-state index contributed by atoms with van der Waals surface area (Å²) in [7, 11) is 0. The molecule has 1 rings (SSSR count). The Labute approximate surface area is 131 Å². The topological polar surface area (TPSA) is 44.4 Å². The van der Waals surface area contributed by atoms with Crippen LogP contribution in [0.1, 0.15) is 47.0 Å². The van der Waals surface area contributed by atoms with Gasteiger partial charge in [-0.1, -0.05) is 27.7 Å². The molecule has 1 fully saturated rings. The molecular weight excluding hydrogens is 262 g/mol. The molecule has 1 saturated heterocycles. The summed E-state index contributed by atoms with van der Waals surface area (Å²) in [6.07, 6.45) is 3.49. The standard InChI is InChI=1S/C17H35N3O/c1-14(2)5-8-19-17(21)13-20-9-6-16(7-10-20)12-18-11-15(3)4/h14-16,18H,5-13H2,1-4H3,(H,19,21). The Balaban J connectivity index is 2.08. The molecule has 0 aromatic carbocycles. The van der Waals surface area contributed by atoms with Crippen molar-refractivity contribution in [3.8, 4) is 0 Å². The number of carbonyl (C=O) groups excluding carboxylic acids is 1. The van der Waals surface area contributed by atoms with Crippen molar-refractivity contribution in [2.75, 3.05) is 39.3 Å². The Morgan fingerprint density at radius 1 is 1.14 bits per heavy atom. The molecule has 0 aliphatic carbocycles. The monoisotopic (exact) mass is 297 g/mol. The van der Waals surface area contributed by atoms with E-state index < -0.39 is 0 Å². The summed E-state index contributed by atoms with van der Waals surface area (Å²) in [4.78, 5) is 14.2. The van der Waals surface area contributed by atoms with Crippen molar-refractivity contribution in [3.05, 3.63) is 0 Å². The lowest BCUT2D eigenvalue weighted by Gasteiger charge is -2.31. The molecule has 0 bridgehead atoms. The molecule has 1 aliphatic heterocycles. The van der Waals surface area contributed by atoms with Gasteiger partial charge in [-0.3, -0.25) is 9.69 Å². The van der Waals surface area contributed by atoms with Crippen LogP contribution in [0, 0.1) is 17.8 Å². The molecule has 0 aromatic heterocycles. The number of hydrogen-bond acceptors (Lipinski definition) is 3. The van der Waals surface area contributed by atoms with E-state index in [0.717, 1.165) is 51.0 Å². The molecule has 0 aromatic rings. The Kier molecular flexibility index (Phi) is 8.93. The number of hydrogen-bond donors (Lipinski definition) is 2. The fraction of sp³-hybridized carbons (Fsp3) is 0.941. The average molecular weight is 297 g/mol. The highest BCUT2D eigenvalue weighted by Gasteiger charge is 2.20. The van der Waals surface area contributed by atoms with Crippen LogP contribution in [0.2, 0.25) is 0 Å². The summed E-state index contributed by atoms with van der Waals surface area (Å²) >= 11 is 0. The molecule has 0 atom stereocenters. The Morgan fingerprint density at radius 3 is 2.38 bits per heavy atom. The summed E-state index contributed by atoms with van der Waals surface area (Å²) in [5, 5.41) is 6.58.